The van der Waals surface area contributed by atoms with E-state index in [0.29, 0.717) is 19.0 Å². The fraction of sp³-hybridized carbons (Fsp3) is 0.938. The van der Waals surface area contributed by atoms with Crippen LogP contribution in [0.25, 0.3) is 0 Å². The second-order valence-corrected chi connectivity index (χ2v) is 6.56. The number of aliphatic hydroxyl groups excluding tert-OH is 1. The Morgan fingerprint density at radius 1 is 1.10 bits per heavy atom. The molecule has 1 heterocycles. The zero-order chi connectivity index (χ0) is 14.9. The summed E-state index contributed by atoms with van der Waals surface area (Å²) in [5, 5.41) is 14.5. The van der Waals surface area contributed by atoms with Gasteiger partial charge in [-0.2, -0.15) is 0 Å². The molecule has 0 aromatic rings. The van der Waals surface area contributed by atoms with Crippen molar-refractivity contribution in [3.63, 3.8) is 0 Å². The summed E-state index contributed by atoms with van der Waals surface area (Å²) in [4.78, 5) is 14.2. The van der Waals surface area contributed by atoms with Crippen LogP contribution in [-0.4, -0.2) is 54.9 Å². The zero-order valence-electron chi connectivity index (χ0n) is 13.1. The average molecular weight is 297 g/mol. The molecule has 1 aliphatic carbocycles. The average Bonchev–Trinajstić information content (AvgIpc) is 2.51. The fourth-order valence-corrected chi connectivity index (χ4v) is 3.51. The van der Waals surface area contributed by atoms with Gasteiger partial charge in [0.2, 0.25) is 0 Å². The highest BCUT2D eigenvalue weighted by Gasteiger charge is 2.23. The highest BCUT2D eigenvalue weighted by molar-refractivity contribution is 5.74. The molecule has 3 N–H and O–H groups in total. The highest BCUT2D eigenvalue weighted by Crippen LogP contribution is 2.25. The molecule has 0 bridgehead atoms. The van der Waals surface area contributed by atoms with Crippen molar-refractivity contribution in [2.75, 3.05) is 32.8 Å². The van der Waals surface area contributed by atoms with Gasteiger partial charge in [-0.1, -0.05) is 19.3 Å². The van der Waals surface area contributed by atoms with Crippen LogP contribution in [0.5, 0.6) is 0 Å². The van der Waals surface area contributed by atoms with Gasteiger partial charge in [-0.05, 0) is 38.0 Å². The van der Waals surface area contributed by atoms with Gasteiger partial charge in [-0.15, -0.1) is 0 Å². The fourth-order valence-electron chi connectivity index (χ4n) is 3.51. The molecule has 0 unspecified atom stereocenters. The van der Waals surface area contributed by atoms with Crippen LogP contribution in [0.4, 0.5) is 4.79 Å². The van der Waals surface area contributed by atoms with E-state index in [2.05, 4.69) is 15.5 Å². The van der Waals surface area contributed by atoms with Crippen molar-refractivity contribution in [1.29, 1.82) is 0 Å². The van der Waals surface area contributed by atoms with E-state index in [0.717, 1.165) is 31.8 Å². The van der Waals surface area contributed by atoms with Crippen LogP contribution in [0, 0.1) is 5.92 Å². The molecule has 1 aliphatic heterocycles. The maximum Gasteiger partial charge on any atom is 0.315 e. The van der Waals surface area contributed by atoms with E-state index in [1.807, 2.05) is 0 Å². The van der Waals surface area contributed by atoms with E-state index in [9.17, 15) is 4.79 Å². The first-order valence-electron chi connectivity index (χ1n) is 8.65. The van der Waals surface area contributed by atoms with Gasteiger partial charge in [0.15, 0.2) is 0 Å². The van der Waals surface area contributed by atoms with Crippen molar-refractivity contribution in [3.8, 4) is 0 Å². The summed E-state index contributed by atoms with van der Waals surface area (Å²) >= 11 is 0. The molecule has 2 fully saturated rings. The summed E-state index contributed by atoms with van der Waals surface area (Å²) in [6, 6.07) is 0.218. The van der Waals surface area contributed by atoms with Crippen LogP contribution in [0.1, 0.15) is 51.4 Å². The molecule has 0 spiro atoms. The first-order chi connectivity index (χ1) is 10.3. The van der Waals surface area contributed by atoms with Crippen LogP contribution in [0.3, 0.4) is 0 Å². The topological polar surface area (TPSA) is 64.6 Å². The van der Waals surface area contributed by atoms with Crippen molar-refractivity contribution >= 4 is 6.03 Å². The minimum Gasteiger partial charge on any atom is -0.396 e. The number of hydrogen-bond acceptors (Lipinski definition) is 3. The Hall–Kier alpha value is -0.810. The highest BCUT2D eigenvalue weighted by atomic mass is 16.3. The molecule has 0 radical (unpaired) electrons. The molecular formula is C16H31N3O2. The second-order valence-electron chi connectivity index (χ2n) is 6.56. The predicted octanol–water partition coefficient (Wildman–Crippen LogP) is 1.71. The number of aliphatic hydroxyl groups is 1. The molecule has 5 heteroatoms. The number of urea groups is 1. The monoisotopic (exact) mass is 297 g/mol. The van der Waals surface area contributed by atoms with E-state index in [-0.39, 0.29) is 12.6 Å². The molecule has 0 aromatic carbocycles. The van der Waals surface area contributed by atoms with E-state index >= 15 is 0 Å². The Morgan fingerprint density at radius 3 is 2.48 bits per heavy atom. The lowest BCUT2D eigenvalue weighted by molar-refractivity contribution is 0.155. The quantitative estimate of drug-likeness (QED) is 0.654. The Balaban J connectivity index is 1.58. The molecule has 1 saturated heterocycles. The lowest BCUT2D eigenvalue weighted by Crippen LogP contribution is -2.48. The van der Waals surface area contributed by atoms with Crippen LogP contribution >= 0.6 is 0 Å². The first-order valence-corrected chi connectivity index (χ1v) is 8.65. The van der Waals surface area contributed by atoms with Gasteiger partial charge in [0.1, 0.15) is 0 Å². The minimum atomic E-state index is -0.0887. The summed E-state index contributed by atoms with van der Waals surface area (Å²) in [6.45, 7) is 4.15. The van der Waals surface area contributed by atoms with Gasteiger partial charge < -0.3 is 20.6 Å². The van der Waals surface area contributed by atoms with E-state index in [4.69, 9.17) is 5.11 Å². The number of piperidine rings is 1. The summed E-state index contributed by atoms with van der Waals surface area (Å²) < 4.78 is 0. The maximum atomic E-state index is 11.7. The number of carbonyl (C=O) groups is 1. The number of amides is 2. The molecule has 1 saturated carbocycles. The number of carbonyl (C=O) groups excluding carboxylic acids is 1. The van der Waals surface area contributed by atoms with E-state index in [1.54, 1.807) is 0 Å². The standard InChI is InChI=1S/C16H31N3O2/c20-12-4-9-17-16(21)18-15-7-10-19(11-8-15)13-14-5-2-1-3-6-14/h14-15,20H,1-13H2,(H2,17,18,21). The van der Waals surface area contributed by atoms with Crippen LogP contribution in [-0.2, 0) is 0 Å². The van der Waals surface area contributed by atoms with Crippen LogP contribution < -0.4 is 10.6 Å². The SMILES string of the molecule is O=C(NCCCO)NC1CCN(CC2CCCCC2)CC1. The lowest BCUT2D eigenvalue weighted by Gasteiger charge is -2.35. The molecule has 21 heavy (non-hydrogen) atoms. The Bertz CT molecular complexity index is 298. The summed E-state index contributed by atoms with van der Waals surface area (Å²) in [5.41, 5.74) is 0. The van der Waals surface area contributed by atoms with Gasteiger partial charge in [0.25, 0.3) is 0 Å². The predicted molar refractivity (Wildman–Crippen MR) is 84.3 cm³/mol. The van der Waals surface area contributed by atoms with Crippen LogP contribution in [0.2, 0.25) is 0 Å². The van der Waals surface area contributed by atoms with Crippen molar-refractivity contribution in [2.45, 2.75) is 57.4 Å². The molecule has 0 atom stereocenters. The summed E-state index contributed by atoms with van der Waals surface area (Å²) in [6.07, 6.45) is 9.80. The molecule has 2 aliphatic rings. The molecule has 2 amide bonds. The van der Waals surface area contributed by atoms with Gasteiger partial charge in [-0.3, -0.25) is 0 Å². The molecular weight excluding hydrogens is 266 g/mol. The third-order valence-corrected chi connectivity index (χ3v) is 4.78. The molecule has 122 valence electrons. The minimum absolute atomic E-state index is 0.0887. The Labute approximate surface area is 128 Å². The van der Waals surface area contributed by atoms with Gasteiger partial charge in [0, 0.05) is 38.8 Å². The van der Waals surface area contributed by atoms with Gasteiger partial charge >= 0.3 is 6.03 Å². The van der Waals surface area contributed by atoms with Crippen LogP contribution in [0.15, 0.2) is 0 Å². The summed E-state index contributed by atoms with van der Waals surface area (Å²) in [5.74, 6) is 0.907. The third-order valence-electron chi connectivity index (χ3n) is 4.78. The number of nitrogens with zero attached hydrogens (tertiary/aromatic N) is 1. The van der Waals surface area contributed by atoms with Crippen molar-refractivity contribution in [1.82, 2.24) is 15.5 Å². The largest absolute Gasteiger partial charge is 0.396 e. The first kappa shape index (κ1) is 16.6. The second kappa shape index (κ2) is 9.26. The third kappa shape index (κ3) is 6.22. The Kier molecular flexibility index (Phi) is 7.30. The number of nitrogens with one attached hydrogen (secondary N) is 2. The number of hydrogen-bond donors (Lipinski definition) is 3. The van der Waals surface area contributed by atoms with E-state index in [1.165, 1.54) is 38.6 Å². The number of rotatable bonds is 6. The lowest BCUT2D eigenvalue weighted by atomic mass is 9.88. The molecule has 0 aromatic heterocycles. The van der Waals surface area contributed by atoms with E-state index < -0.39 is 0 Å². The maximum absolute atomic E-state index is 11.7. The smallest absolute Gasteiger partial charge is 0.315 e. The molecule has 5 nitrogen and oxygen atoms in total. The van der Waals surface area contributed by atoms with Crippen molar-refractivity contribution < 1.29 is 9.90 Å². The Morgan fingerprint density at radius 2 is 1.81 bits per heavy atom. The zero-order valence-corrected chi connectivity index (χ0v) is 13.1. The van der Waals surface area contributed by atoms with Crippen molar-refractivity contribution in [2.24, 2.45) is 5.92 Å². The van der Waals surface area contributed by atoms with Gasteiger partial charge in [0.05, 0.1) is 0 Å². The van der Waals surface area contributed by atoms with Gasteiger partial charge in [-0.25, -0.2) is 4.79 Å². The van der Waals surface area contributed by atoms with Crippen molar-refractivity contribution in [3.05, 3.63) is 0 Å². The summed E-state index contributed by atoms with van der Waals surface area (Å²) in [7, 11) is 0. The normalized spacial score (nSPS) is 22.1. The molecule has 2 rings (SSSR count). The number of likely N-dealkylation sites (tertiary alicyclic amines) is 1.